The van der Waals surface area contributed by atoms with E-state index in [9.17, 15) is 4.79 Å². The Bertz CT molecular complexity index is 1040. The number of aryl methyl sites for hydroxylation is 3. The van der Waals surface area contributed by atoms with Crippen LogP contribution in [0.2, 0.25) is 0 Å². The van der Waals surface area contributed by atoms with Crippen LogP contribution in [0.4, 0.5) is 0 Å². The summed E-state index contributed by atoms with van der Waals surface area (Å²) in [5, 5.41) is 3.05. The summed E-state index contributed by atoms with van der Waals surface area (Å²) in [6.07, 6.45) is 6.25. The van der Waals surface area contributed by atoms with Gasteiger partial charge in [0.15, 0.2) is 0 Å². The Morgan fingerprint density at radius 2 is 1.97 bits per heavy atom. The fraction of sp³-hybridized carbons (Fsp3) is 0.462. The van der Waals surface area contributed by atoms with Crippen LogP contribution in [0.15, 0.2) is 42.5 Å². The van der Waals surface area contributed by atoms with Crippen molar-refractivity contribution in [3.8, 4) is 5.75 Å². The number of nitrogens with zero attached hydrogens (tertiary/aromatic N) is 2. The van der Waals surface area contributed by atoms with Crippen LogP contribution in [0.1, 0.15) is 49.1 Å². The lowest BCUT2D eigenvalue weighted by molar-refractivity contribution is -0.122. The number of para-hydroxylation sites is 2. The molecule has 0 spiro atoms. The predicted molar refractivity (Wildman–Crippen MR) is 124 cm³/mol. The van der Waals surface area contributed by atoms with Crippen molar-refractivity contribution in [3.63, 3.8) is 0 Å². The molecule has 1 fully saturated rings. The molecule has 1 aliphatic rings. The zero-order valence-corrected chi connectivity index (χ0v) is 18.7. The number of carbonyl (C=O) groups is 1. The van der Waals surface area contributed by atoms with Gasteiger partial charge in [-0.3, -0.25) is 4.79 Å². The minimum atomic E-state index is 0.241. The molecule has 1 amide bonds. The van der Waals surface area contributed by atoms with E-state index in [1.54, 1.807) is 0 Å². The number of unbranched alkanes of at least 4 members (excludes halogenated alkanes) is 2. The molecular weight excluding hydrogens is 386 g/mol. The lowest BCUT2D eigenvalue weighted by Gasteiger charge is -2.13. The number of nitrogens with one attached hydrogen (secondary N) is 1. The van der Waals surface area contributed by atoms with Crippen molar-refractivity contribution < 1.29 is 9.53 Å². The second kappa shape index (κ2) is 9.99. The highest BCUT2D eigenvalue weighted by atomic mass is 16.5. The van der Waals surface area contributed by atoms with Crippen LogP contribution < -0.4 is 10.1 Å². The smallest absolute Gasteiger partial charge is 0.223 e. The maximum Gasteiger partial charge on any atom is 0.223 e. The number of rotatable bonds is 11. The van der Waals surface area contributed by atoms with E-state index >= 15 is 0 Å². The Labute approximate surface area is 184 Å². The molecule has 31 heavy (non-hydrogen) atoms. The molecule has 0 atom stereocenters. The molecule has 5 nitrogen and oxygen atoms in total. The van der Waals surface area contributed by atoms with Crippen molar-refractivity contribution in [1.29, 1.82) is 0 Å². The van der Waals surface area contributed by atoms with E-state index in [0.717, 1.165) is 74.3 Å². The van der Waals surface area contributed by atoms with Crippen molar-refractivity contribution in [2.24, 2.45) is 5.92 Å². The van der Waals surface area contributed by atoms with E-state index in [-0.39, 0.29) is 5.91 Å². The van der Waals surface area contributed by atoms with Crippen molar-refractivity contribution >= 4 is 16.9 Å². The number of ether oxygens (including phenoxy) is 1. The SMILES string of the molecule is Cc1ccc(C)c(OCCn2c(CCCCCNC(=O)C3CC3)nc3ccccc32)c1. The first kappa shape index (κ1) is 21.4. The monoisotopic (exact) mass is 419 g/mol. The molecule has 1 aliphatic carbocycles. The Balaban J connectivity index is 1.32. The van der Waals surface area contributed by atoms with Gasteiger partial charge >= 0.3 is 0 Å². The van der Waals surface area contributed by atoms with E-state index in [2.05, 4.69) is 60.1 Å². The summed E-state index contributed by atoms with van der Waals surface area (Å²) in [5.41, 5.74) is 4.58. The van der Waals surface area contributed by atoms with Crippen molar-refractivity contribution in [2.45, 2.75) is 58.9 Å². The average molecular weight is 420 g/mol. The van der Waals surface area contributed by atoms with Gasteiger partial charge in [-0.05, 0) is 68.9 Å². The second-order valence-corrected chi connectivity index (χ2v) is 8.66. The van der Waals surface area contributed by atoms with Crippen LogP contribution in [0.25, 0.3) is 11.0 Å². The van der Waals surface area contributed by atoms with Crippen LogP contribution in [0.3, 0.4) is 0 Å². The van der Waals surface area contributed by atoms with Crippen molar-refractivity contribution in [3.05, 3.63) is 59.4 Å². The molecular formula is C26H33N3O2. The Hall–Kier alpha value is -2.82. The second-order valence-electron chi connectivity index (χ2n) is 8.66. The first-order valence-corrected chi connectivity index (χ1v) is 11.5. The van der Waals surface area contributed by atoms with Crippen LogP contribution in [-0.2, 0) is 17.8 Å². The van der Waals surface area contributed by atoms with Gasteiger partial charge in [0.25, 0.3) is 0 Å². The highest BCUT2D eigenvalue weighted by Gasteiger charge is 2.28. The molecule has 1 N–H and O–H groups in total. The largest absolute Gasteiger partial charge is 0.491 e. The summed E-state index contributed by atoms with van der Waals surface area (Å²) in [7, 11) is 0. The van der Waals surface area contributed by atoms with Gasteiger partial charge in [-0.15, -0.1) is 0 Å². The maximum absolute atomic E-state index is 11.7. The van der Waals surface area contributed by atoms with E-state index < -0.39 is 0 Å². The number of hydrogen-bond donors (Lipinski definition) is 1. The standard InChI is InChI=1S/C26H33N3O2/c1-19-11-12-20(2)24(18-19)31-17-16-29-23-9-6-5-8-22(23)28-25(29)10-4-3-7-15-27-26(30)21-13-14-21/h5-6,8-9,11-12,18,21H,3-4,7,10,13-17H2,1-2H3,(H,27,30). The normalized spacial score (nSPS) is 13.5. The summed E-state index contributed by atoms with van der Waals surface area (Å²) >= 11 is 0. The molecule has 5 heteroatoms. The summed E-state index contributed by atoms with van der Waals surface area (Å²) in [6.45, 7) is 6.35. The molecule has 0 radical (unpaired) electrons. The molecule has 4 rings (SSSR count). The number of imidazole rings is 1. The highest BCUT2D eigenvalue weighted by Crippen LogP contribution is 2.28. The third kappa shape index (κ3) is 5.66. The molecule has 0 aliphatic heterocycles. The highest BCUT2D eigenvalue weighted by molar-refractivity contribution is 5.80. The zero-order chi connectivity index (χ0) is 21.6. The third-order valence-corrected chi connectivity index (χ3v) is 5.97. The van der Waals surface area contributed by atoms with E-state index in [1.807, 2.05) is 6.07 Å². The summed E-state index contributed by atoms with van der Waals surface area (Å²) in [4.78, 5) is 16.6. The quantitative estimate of drug-likeness (QED) is 0.446. The predicted octanol–water partition coefficient (Wildman–Crippen LogP) is 4.97. The lowest BCUT2D eigenvalue weighted by Crippen LogP contribution is -2.25. The zero-order valence-electron chi connectivity index (χ0n) is 18.7. The minimum absolute atomic E-state index is 0.241. The summed E-state index contributed by atoms with van der Waals surface area (Å²) in [6, 6.07) is 14.6. The minimum Gasteiger partial charge on any atom is -0.491 e. The van der Waals surface area contributed by atoms with Gasteiger partial charge in [0.05, 0.1) is 17.6 Å². The van der Waals surface area contributed by atoms with E-state index in [4.69, 9.17) is 9.72 Å². The fourth-order valence-corrected chi connectivity index (χ4v) is 3.96. The third-order valence-electron chi connectivity index (χ3n) is 5.97. The average Bonchev–Trinajstić information content (AvgIpc) is 3.56. The molecule has 2 aromatic carbocycles. The number of aromatic nitrogens is 2. The molecule has 164 valence electrons. The first-order valence-electron chi connectivity index (χ1n) is 11.5. The molecule has 0 bridgehead atoms. The van der Waals surface area contributed by atoms with E-state index in [0.29, 0.717) is 12.5 Å². The van der Waals surface area contributed by atoms with Gasteiger partial charge in [0, 0.05) is 18.9 Å². The number of benzene rings is 2. The van der Waals surface area contributed by atoms with Crippen LogP contribution in [0, 0.1) is 19.8 Å². The van der Waals surface area contributed by atoms with Crippen LogP contribution in [0.5, 0.6) is 5.75 Å². The molecule has 0 saturated heterocycles. The number of hydrogen-bond acceptors (Lipinski definition) is 3. The molecule has 0 unspecified atom stereocenters. The lowest BCUT2D eigenvalue weighted by atomic mass is 10.1. The van der Waals surface area contributed by atoms with Gasteiger partial charge in [-0.2, -0.15) is 0 Å². The number of amides is 1. The van der Waals surface area contributed by atoms with Gasteiger partial charge in [-0.25, -0.2) is 4.98 Å². The van der Waals surface area contributed by atoms with Crippen molar-refractivity contribution in [1.82, 2.24) is 14.9 Å². The molecule has 1 heterocycles. The Morgan fingerprint density at radius 1 is 1.13 bits per heavy atom. The fourth-order valence-electron chi connectivity index (χ4n) is 3.96. The van der Waals surface area contributed by atoms with Crippen molar-refractivity contribution in [2.75, 3.05) is 13.2 Å². The van der Waals surface area contributed by atoms with Gasteiger partial charge in [0.2, 0.25) is 5.91 Å². The van der Waals surface area contributed by atoms with Gasteiger partial charge in [0.1, 0.15) is 18.2 Å². The number of carbonyl (C=O) groups excluding carboxylic acids is 1. The maximum atomic E-state index is 11.7. The van der Waals surface area contributed by atoms with Gasteiger partial charge in [-0.1, -0.05) is 30.7 Å². The molecule has 3 aromatic rings. The topological polar surface area (TPSA) is 56.1 Å². The van der Waals surface area contributed by atoms with Crippen LogP contribution in [-0.4, -0.2) is 28.6 Å². The molecule has 1 aromatic heterocycles. The van der Waals surface area contributed by atoms with Gasteiger partial charge < -0.3 is 14.6 Å². The van der Waals surface area contributed by atoms with Crippen LogP contribution >= 0.6 is 0 Å². The Morgan fingerprint density at radius 3 is 2.81 bits per heavy atom. The summed E-state index contributed by atoms with van der Waals surface area (Å²) in [5.74, 6) is 2.61. The Kier molecular flexibility index (Phi) is 6.90. The number of fused-ring (bicyclic) bond motifs is 1. The summed E-state index contributed by atoms with van der Waals surface area (Å²) < 4.78 is 8.41. The van der Waals surface area contributed by atoms with E-state index in [1.165, 1.54) is 11.1 Å². The first-order chi connectivity index (χ1) is 15.1. The molecule has 1 saturated carbocycles.